The summed E-state index contributed by atoms with van der Waals surface area (Å²) >= 11 is 0. The molecule has 1 aliphatic heterocycles. The van der Waals surface area contributed by atoms with Crippen molar-refractivity contribution >= 4 is 18.3 Å². The fourth-order valence-electron chi connectivity index (χ4n) is 1.95. The van der Waals surface area contributed by atoms with Crippen molar-refractivity contribution in [3.05, 3.63) is 29.8 Å². The van der Waals surface area contributed by atoms with E-state index in [1.54, 1.807) is 7.11 Å². The maximum atomic E-state index is 11.7. The normalized spacial score (nSPS) is 14.0. The first-order chi connectivity index (χ1) is 9.79. The highest BCUT2D eigenvalue weighted by Crippen LogP contribution is 2.14. The molecule has 0 radical (unpaired) electrons. The number of rotatable bonds is 8. The smallest absolute Gasteiger partial charge is 0.225 e. The summed E-state index contributed by atoms with van der Waals surface area (Å²) in [6, 6.07) is 7.82. The molecule has 1 fully saturated rings. The zero-order valence-corrected chi connectivity index (χ0v) is 13.1. The lowest BCUT2D eigenvalue weighted by Crippen LogP contribution is -2.50. The summed E-state index contributed by atoms with van der Waals surface area (Å²) in [6.07, 6.45) is 0.867. The first kappa shape index (κ1) is 17.8. The van der Waals surface area contributed by atoms with Gasteiger partial charge in [-0.25, -0.2) is 0 Å². The van der Waals surface area contributed by atoms with Gasteiger partial charge in [-0.1, -0.05) is 12.1 Å². The molecule has 0 aromatic heterocycles. The van der Waals surface area contributed by atoms with Crippen LogP contribution in [-0.2, 0) is 16.1 Å². The second-order valence-corrected chi connectivity index (χ2v) is 4.92. The number of carbonyl (C=O) groups excluding carboxylic acids is 1. The van der Waals surface area contributed by atoms with Gasteiger partial charge >= 0.3 is 0 Å². The standard InChI is InChI=1S/C15H22N2O3.ClH/c1-19-6-3-7-20-14-5-2-4-12(8-14)9-17-15(18)13-10-16-11-13;/h2,4-5,8,13,16H,3,6-7,9-11H2,1H3,(H,17,18);1H. The third kappa shape index (κ3) is 5.91. The molecule has 1 heterocycles. The summed E-state index contributed by atoms with van der Waals surface area (Å²) < 4.78 is 10.6. The zero-order chi connectivity index (χ0) is 14.2. The van der Waals surface area contributed by atoms with Crippen LogP contribution in [0.1, 0.15) is 12.0 Å². The molecule has 1 aromatic rings. The summed E-state index contributed by atoms with van der Waals surface area (Å²) in [5, 5.41) is 6.04. The predicted octanol–water partition coefficient (Wildman–Crippen LogP) is 1.36. The molecular weight excluding hydrogens is 292 g/mol. The van der Waals surface area contributed by atoms with Crippen molar-refractivity contribution in [2.45, 2.75) is 13.0 Å². The second-order valence-electron chi connectivity index (χ2n) is 4.92. The largest absolute Gasteiger partial charge is 0.493 e. The van der Waals surface area contributed by atoms with Crippen LogP contribution >= 0.6 is 12.4 Å². The molecule has 1 aromatic carbocycles. The molecule has 1 amide bonds. The topological polar surface area (TPSA) is 59.6 Å². The van der Waals surface area contributed by atoms with Gasteiger partial charge in [-0.15, -0.1) is 12.4 Å². The minimum Gasteiger partial charge on any atom is -0.493 e. The number of hydrogen-bond acceptors (Lipinski definition) is 4. The van der Waals surface area contributed by atoms with Crippen molar-refractivity contribution in [3.8, 4) is 5.75 Å². The lowest BCUT2D eigenvalue weighted by Gasteiger charge is -2.25. The van der Waals surface area contributed by atoms with Crippen LogP contribution in [0.3, 0.4) is 0 Å². The lowest BCUT2D eigenvalue weighted by molar-refractivity contribution is -0.126. The summed E-state index contributed by atoms with van der Waals surface area (Å²) in [7, 11) is 1.68. The van der Waals surface area contributed by atoms with E-state index < -0.39 is 0 Å². The van der Waals surface area contributed by atoms with Gasteiger partial charge in [0.15, 0.2) is 0 Å². The Kier molecular flexibility index (Phi) is 8.12. The Morgan fingerprint density at radius 3 is 2.86 bits per heavy atom. The van der Waals surface area contributed by atoms with Gasteiger partial charge < -0.3 is 20.1 Å². The zero-order valence-electron chi connectivity index (χ0n) is 12.3. The summed E-state index contributed by atoms with van der Waals surface area (Å²) in [4.78, 5) is 11.7. The van der Waals surface area contributed by atoms with Crippen molar-refractivity contribution in [2.24, 2.45) is 5.92 Å². The molecule has 5 nitrogen and oxygen atoms in total. The van der Waals surface area contributed by atoms with E-state index in [1.165, 1.54) is 0 Å². The Hall–Kier alpha value is -1.30. The molecule has 1 aliphatic rings. The maximum Gasteiger partial charge on any atom is 0.225 e. The van der Waals surface area contributed by atoms with Gasteiger partial charge in [-0.3, -0.25) is 4.79 Å². The second kappa shape index (κ2) is 9.60. The molecule has 0 aliphatic carbocycles. The number of benzene rings is 1. The highest BCUT2D eigenvalue weighted by Gasteiger charge is 2.24. The maximum absolute atomic E-state index is 11.7. The molecule has 0 spiro atoms. The van der Waals surface area contributed by atoms with Crippen molar-refractivity contribution < 1.29 is 14.3 Å². The molecule has 1 saturated heterocycles. The average Bonchev–Trinajstić information content (AvgIpc) is 2.40. The van der Waals surface area contributed by atoms with E-state index in [9.17, 15) is 4.79 Å². The number of hydrogen-bond donors (Lipinski definition) is 2. The molecule has 2 rings (SSSR count). The Bertz CT molecular complexity index is 439. The van der Waals surface area contributed by atoms with E-state index in [2.05, 4.69) is 10.6 Å². The van der Waals surface area contributed by atoms with Crippen molar-refractivity contribution in [1.82, 2.24) is 10.6 Å². The van der Waals surface area contributed by atoms with E-state index >= 15 is 0 Å². The van der Waals surface area contributed by atoms with Crippen LogP contribution in [0.25, 0.3) is 0 Å². The average molecular weight is 315 g/mol. The molecule has 0 saturated carbocycles. The van der Waals surface area contributed by atoms with Crippen LogP contribution in [-0.4, -0.2) is 39.3 Å². The van der Waals surface area contributed by atoms with Gasteiger partial charge in [-0.05, 0) is 17.7 Å². The van der Waals surface area contributed by atoms with Crippen LogP contribution in [0.2, 0.25) is 0 Å². The Morgan fingerprint density at radius 2 is 2.19 bits per heavy atom. The highest BCUT2D eigenvalue weighted by atomic mass is 35.5. The Balaban J connectivity index is 0.00000220. The van der Waals surface area contributed by atoms with E-state index in [1.807, 2.05) is 24.3 Å². The van der Waals surface area contributed by atoms with Crippen molar-refractivity contribution in [3.63, 3.8) is 0 Å². The lowest BCUT2D eigenvalue weighted by atomic mass is 10.0. The third-order valence-electron chi connectivity index (χ3n) is 3.28. The van der Waals surface area contributed by atoms with Gasteiger partial charge in [0.05, 0.1) is 12.5 Å². The molecule has 0 unspecified atom stereocenters. The Morgan fingerprint density at radius 1 is 1.38 bits per heavy atom. The van der Waals surface area contributed by atoms with Crippen LogP contribution < -0.4 is 15.4 Å². The SMILES string of the molecule is COCCCOc1cccc(CNC(=O)C2CNC2)c1.Cl. The molecule has 6 heteroatoms. The molecule has 2 N–H and O–H groups in total. The van der Waals surface area contributed by atoms with E-state index in [0.29, 0.717) is 19.8 Å². The van der Waals surface area contributed by atoms with E-state index in [0.717, 1.165) is 30.8 Å². The number of amides is 1. The monoisotopic (exact) mass is 314 g/mol. The highest BCUT2D eigenvalue weighted by molar-refractivity contribution is 5.85. The number of halogens is 1. The van der Waals surface area contributed by atoms with Gasteiger partial charge in [0.25, 0.3) is 0 Å². The Labute approximate surface area is 131 Å². The van der Waals surface area contributed by atoms with E-state index in [-0.39, 0.29) is 24.2 Å². The molecule has 0 bridgehead atoms. The van der Waals surface area contributed by atoms with E-state index in [4.69, 9.17) is 9.47 Å². The third-order valence-corrected chi connectivity index (χ3v) is 3.28. The molecule has 118 valence electrons. The first-order valence-electron chi connectivity index (χ1n) is 6.98. The summed E-state index contributed by atoms with van der Waals surface area (Å²) in [5.41, 5.74) is 1.05. The predicted molar refractivity (Wildman–Crippen MR) is 83.9 cm³/mol. The van der Waals surface area contributed by atoms with Gasteiger partial charge in [0.1, 0.15) is 5.75 Å². The van der Waals surface area contributed by atoms with Gasteiger partial charge in [0, 0.05) is 39.8 Å². The van der Waals surface area contributed by atoms with Gasteiger partial charge in [-0.2, -0.15) is 0 Å². The van der Waals surface area contributed by atoms with Gasteiger partial charge in [0.2, 0.25) is 5.91 Å². The van der Waals surface area contributed by atoms with Crippen molar-refractivity contribution in [1.29, 1.82) is 0 Å². The minimum atomic E-state index is 0. The molecule has 21 heavy (non-hydrogen) atoms. The van der Waals surface area contributed by atoms with Crippen LogP contribution in [0, 0.1) is 5.92 Å². The van der Waals surface area contributed by atoms with Crippen LogP contribution in [0.5, 0.6) is 5.75 Å². The minimum absolute atomic E-state index is 0. The van der Waals surface area contributed by atoms with Crippen molar-refractivity contribution in [2.75, 3.05) is 33.4 Å². The summed E-state index contributed by atoms with van der Waals surface area (Å²) in [6.45, 7) is 3.45. The number of nitrogens with one attached hydrogen (secondary N) is 2. The fraction of sp³-hybridized carbons (Fsp3) is 0.533. The number of carbonyl (C=O) groups is 1. The quantitative estimate of drug-likeness (QED) is 0.711. The first-order valence-corrected chi connectivity index (χ1v) is 6.98. The molecular formula is C15H23ClN2O3. The molecule has 0 atom stereocenters. The number of methoxy groups -OCH3 is 1. The fourth-order valence-corrected chi connectivity index (χ4v) is 1.95. The van der Waals surface area contributed by atoms with Crippen LogP contribution in [0.4, 0.5) is 0 Å². The number of ether oxygens (including phenoxy) is 2. The summed E-state index contributed by atoms with van der Waals surface area (Å²) in [5.74, 6) is 1.08. The van der Waals surface area contributed by atoms with Crippen LogP contribution in [0.15, 0.2) is 24.3 Å².